The van der Waals surface area contributed by atoms with Gasteiger partial charge in [0.25, 0.3) is 0 Å². The summed E-state index contributed by atoms with van der Waals surface area (Å²) in [6.45, 7) is 21.5. The molecule has 0 saturated heterocycles. The molecule has 0 heterocycles. The molecule has 0 rings (SSSR count). The molecule has 104 valence electrons. The molecule has 0 N–H and O–H groups in total. The summed E-state index contributed by atoms with van der Waals surface area (Å²) in [5.74, 6) is 0. The van der Waals surface area contributed by atoms with Gasteiger partial charge in [-0.25, -0.2) is 0 Å². The van der Waals surface area contributed by atoms with Gasteiger partial charge in [-0.05, 0) is 15.5 Å². The Hall–Kier alpha value is 1.38. The zero-order chi connectivity index (χ0) is 13.1. The summed E-state index contributed by atoms with van der Waals surface area (Å²) < 4.78 is 0. The van der Waals surface area contributed by atoms with E-state index in [4.69, 9.17) is 0 Å². The van der Waals surface area contributed by atoms with E-state index >= 15 is 0 Å². The Morgan fingerprint density at radius 3 is 0.750 bits per heavy atom. The summed E-state index contributed by atoms with van der Waals surface area (Å²) >= 11 is 2.22. The van der Waals surface area contributed by atoms with Gasteiger partial charge >= 0.3 is 27.7 Å². The summed E-state index contributed by atoms with van der Waals surface area (Å²) in [6, 6.07) is 0. The Morgan fingerprint density at radius 2 is 0.750 bits per heavy atom. The van der Waals surface area contributed by atoms with E-state index < -0.39 is 0 Å². The molecule has 0 aromatic rings. The van der Waals surface area contributed by atoms with Gasteiger partial charge in [0.05, 0.1) is 0 Å². The van der Waals surface area contributed by atoms with Gasteiger partial charge in [0.2, 0.25) is 0 Å². The third kappa shape index (κ3) is 8.47. The van der Waals surface area contributed by atoms with Crippen LogP contribution in [0.25, 0.3) is 0 Å². The molecule has 0 fully saturated rings. The molecule has 0 unspecified atom stereocenters. The molecular weight excluding hydrogens is 329 g/mol. The van der Waals surface area contributed by atoms with E-state index in [1.165, 1.54) is 0 Å². The standard InChI is InChI=1S/C12H27P.CH3.ClH.Pd/c1-10(2,3)13(11(4,5)6)12(7,8)9;;;/h1-9H3;1H3;1H;/q;-1;;+2/p-1. The monoisotopic (exact) mass is 358 g/mol. The van der Waals surface area contributed by atoms with Gasteiger partial charge in [-0.1, -0.05) is 70.2 Å². The predicted molar refractivity (Wildman–Crippen MR) is 78.4 cm³/mol. The Kier molecular flexibility index (Phi) is 10.9. The van der Waals surface area contributed by atoms with Crippen LogP contribution in [0.4, 0.5) is 0 Å². The van der Waals surface area contributed by atoms with Gasteiger partial charge in [-0.2, -0.15) is 0 Å². The van der Waals surface area contributed by atoms with Gasteiger partial charge in [0.1, 0.15) is 0 Å². The van der Waals surface area contributed by atoms with Crippen molar-refractivity contribution in [1.82, 2.24) is 0 Å². The number of rotatable bonds is 0. The van der Waals surface area contributed by atoms with Crippen LogP contribution in [0.15, 0.2) is 0 Å². The fourth-order valence-electron chi connectivity index (χ4n) is 3.02. The third-order valence-corrected chi connectivity index (χ3v) is 6.04. The van der Waals surface area contributed by atoms with Gasteiger partial charge in [-0.3, -0.25) is 0 Å². The zero-order valence-electron chi connectivity index (χ0n) is 12.6. The van der Waals surface area contributed by atoms with E-state index in [1.807, 2.05) is 0 Å². The van der Waals surface area contributed by atoms with E-state index in [-0.39, 0.29) is 15.3 Å². The molecule has 0 nitrogen and oxygen atoms in total. The maximum atomic E-state index is 4.49. The van der Waals surface area contributed by atoms with Crippen LogP contribution in [0.2, 0.25) is 0 Å². The van der Waals surface area contributed by atoms with Crippen LogP contribution in [-0.4, -0.2) is 15.5 Å². The fraction of sp³-hybridized carbons (Fsp3) is 0.923. The van der Waals surface area contributed by atoms with Crippen LogP contribution in [0.1, 0.15) is 62.3 Å². The normalized spacial score (nSPS) is 12.8. The molecule has 16 heavy (non-hydrogen) atoms. The summed E-state index contributed by atoms with van der Waals surface area (Å²) in [5.41, 5.74) is 0. The molecule has 0 bridgehead atoms. The van der Waals surface area contributed by atoms with Gasteiger partial charge in [0.15, 0.2) is 0 Å². The second-order valence-electron chi connectivity index (χ2n) is 6.85. The van der Waals surface area contributed by atoms with Crippen LogP contribution >= 0.6 is 17.5 Å². The van der Waals surface area contributed by atoms with Crippen molar-refractivity contribution in [1.29, 1.82) is 0 Å². The predicted octanol–water partition coefficient (Wildman–Crippen LogP) is 6.00. The first kappa shape index (κ1) is 22.6. The van der Waals surface area contributed by atoms with E-state index in [0.717, 1.165) is 0 Å². The molecule has 0 aliphatic rings. The summed E-state index contributed by atoms with van der Waals surface area (Å²) in [4.78, 5) is 0. The number of hydrogen-bond acceptors (Lipinski definition) is 0. The first-order valence-corrected chi connectivity index (χ1v) is 8.63. The van der Waals surface area contributed by atoms with Crippen molar-refractivity contribution in [2.24, 2.45) is 0 Å². The van der Waals surface area contributed by atoms with Gasteiger partial charge in [0, 0.05) is 0 Å². The summed E-state index contributed by atoms with van der Waals surface area (Å²) in [7, 11) is 4.51. The van der Waals surface area contributed by atoms with Gasteiger partial charge in [-0.15, -0.1) is 0 Å². The van der Waals surface area contributed by atoms with Crippen LogP contribution < -0.4 is 0 Å². The van der Waals surface area contributed by atoms with E-state index in [9.17, 15) is 0 Å². The summed E-state index contributed by atoms with van der Waals surface area (Å²) in [5, 5.41) is 1.35. The molecule has 0 atom stereocenters. The van der Waals surface area contributed by atoms with Crippen molar-refractivity contribution in [3.8, 4) is 0 Å². The molecule has 0 aliphatic heterocycles. The summed E-state index contributed by atoms with van der Waals surface area (Å²) in [6.07, 6.45) is 0. The van der Waals surface area contributed by atoms with Crippen molar-refractivity contribution in [3.05, 3.63) is 7.43 Å². The topological polar surface area (TPSA) is 0 Å². The van der Waals surface area contributed by atoms with Gasteiger partial charge < -0.3 is 7.43 Å². The molecule has 0 saturated carbocycles. The van der Waals surface area contributed by atoms with E-state index in [1.54, 1.807) is 0 Å². The maximum absolute atomic E-state index is 4.49. The Bertz CT molecular complexity index is 139. The Morgan fingerprint density at radius 1 is 0.625 bits per heavy atom. The second kappa shape index (κ2) is 7.74. The minimum atomic E-state index is 0. The van der Waals surface area contributed by atoms with E-state index in [2.05, 4.69) is 90.0 Å². The average molecular weight is 359 g/mol. The second-order valence-corrected chi connectivity index (χ2v) is 11.5. The SMILES string of the molecule is CC(C)(C)P(C(C)(C)C)C(C)(C)C.[CH3-].[Cl][Pd+]. The molecular formula is C13H30ClPPd. The molecule has 0 radical (unpaired) electrons. The molecule has 3 heteroatoms. The molecule has 0 aliphatic carbocycles. The average Bonchev–Trinajstić information content (AvgIpc) is 1.79. The number of halogens is 1. The van der Waals surface area contributed by atoms with Crippen molar-refractivity contribution < 1.29 is 18.2 Å². The fourth-order valence-corrected chi connectivity index (χ4v) is 9.06. The minimum absolute atomic E-state index is 0. The van der Waals surface area contributed by atoms with Crippen molar-refractivity contribution >= 4 is 17.5 Å². The molecule has 0 amide bonds. The number of hydrogen-bond donors (Lipinski definition) is 0. The zero-order valence-corrected chi connectivity index (χ0v) is 15.8. The first-order chi connectivity index (χ1) is 6.37. The van der Waals surface area contributed by atoms with Crippen LogP contribution in [0.5, 0.6) is 0 Å². The first-order valence-electron chi connectivity index (χ1n) is 5.29. The molecule has 0 aromatic heterocycles. The van der Waals surface area contributed by atoms with Crippen molar-refractivity contribution in [2.45, 2.75) is 77.8 Å². The van der Waals surface area contributed by atoms with Crippen LogP contribution in [-0.2, 0) is 18.2 Å². The van der Waals surface area contributed by atoms with E-state index in [0.29, 0.717) is 15.5 Å². The van der Waals surface area contributed by atoms with Crippen molar-refractivity contribution in [3.63, 3.8) is 0 Å². The Labute approximate surface area is 120 Å². The molecule has 0 spiro atoms. The van der Waals surface area contributed by atoms with Crippen LogP contribution in [0.3, 0.4) is 0 Å². The quantitative estimate of drug-likeness (QED) is 0.283. The third-order valence-electron chi connectivity index (χ3n) is 2.01. The Balaban J connectivity index is -0.000000529. The van der Waals surface area contributed by atoms with Crippen molar-refractivity contribution in [2.75, 3.05) is 0 Å². The molecule has 0 aromatic carbocycles. The van der Waals surface area contributed by atoms with Crippen LogP contribution in [0, 0.1) is 7.43 Å².